The first kappa shape index (κ1) is 12.9. The summed E-state index contributed by atoms with van der Waals surface area (Å²) in [6.45, 7) is 3.46. The van der Waals surface area contributed by atoms with Crippen LogP contribution in [0.2, 0.25) is 0 Å². The number of benzene rings is 1. The van der Waals surface area contributed by atoms with Gasteiger partial charge in [-0.1, -0.05) is 28.1 Å². The van der Waals surface area contributed by atoms with Gasteiger partial charge < -0.3 is 0 Å². The largest absolute Gasteiger partial charge is 0.300 e. The van der Waals surface area contributed by atoms with Crippen molar-refractivity contribution in [2.45, 2.75) is 20.3 Å². The van der Waals surface area contributed by atoms with E-state index in [1.165, 1.54) is 0 Å². The second kappa shape index (κ2) is 5.40. The van der Waals surface area contributed by atoms with E-state index in [2.05, 4.69) is 25.9 Å². The molecule has 92 valence electrons. The van der Waals surface area contributed by atoms with Gasteiger partial charge in [-0.2, -0.15) is 0 Å². The Hall–Kier alpha value is -1.55. The Kier molecular flexibility index (Phi) is 3.87. The molecule has 0 atom stereocenters. The van der Waals surface area contributed by atoms with Crippen LogP contribution < -0.4 is 0 Å². The van der Waals surface area contributed by atoms with E-state index in [1.54, 1.807) is 6.92 Å². The first-order valence-corrected chi connectivity index (χ1v) is 6.44. The molecule has 1 aromatic heterocycles. The van der Waals surface area contributed by atoms with Crippen molar-refractivity contribution in [2.75, 3.05) is 0 Å². The molecule has 2 rings (SSSR count). The average molecular weight is 305 g/mol. The van der Waals surface area contributed by atoms with Gasteiger partial charge in [-0.05, 0) is 32.0 Å². The van der Waals surface area contributed by atoms with Crippen molar-refractivity contribution >= 4 is 21.7 Å². The van der Waals surface area contributed by atoms with Crippen LogP contribution in [-0.2, 0) is 11.2 Å². The fourth-order valence-corrected chi connectivity index (χ4v) is 2.13. The molecule has 3 nitrogen and oxygen atoms in total. The van der Waals surface area contributed by atoms with Gasteiger partial charge in [0.05, 0.1) is 12.1 Å². The minimum atomic E-state index is 0.0702. The third kappa shape index (κ3) is 3.23. The van der Waals surface area contributed by atoms with Gasteiger partial charge in [0.25, 0.3) is 0 Å². The van der Waals surface area contributed by atoms with Crippen molar-refractivity contribution in [3.63, 3.8) is 0 Å². The van der Waals surface area contributed by atoms with Gasteiger partial charge in [-0.3, -0.25) is 4.79 Å². The van der Waals surface area contributed by atoms with Crippen LogP contribution in [0.15, 0.2) is 34.8 Å². The first-order valence-electron chi connectivity index (χ1n) is 5.64. The number of nitrogens with zero attached hydrogens (tertiary/aromatic N) is 2. The molecule has 0 aliphatic carbocycles. The third-order valence-corrected chi connectivity index (χ3v) is 2.92. The van der Waals surface area contributed by atoms with Gasteiger partial charge in [-0.15, -0.1) is 0 Å². The van der Waals surface area contributed by atoms with Crippen LogP contribution in [0, 0.1) is 6.92 Å². The number of ketones is 1. The molecule has 0 bridgehead atoms. The summed E-state index contributed by atoms with van der Waals surface area (Å²) in [5.74, 6) is 0.651. The van der Waals surface area contributed by atoms with Crippen molar-refractivity contribution < 1.29 is 4.79 Å². The molecule has 0 radical (unpaired) electrons. The SMILES string of the molecule is CC(=O)Cc1nc(C)cc(-c2cccc(Br)c2)n1. The van der Waals surface area contributed by atoms with E-state index in [1.807, 2.05) is 37.3 Å². The highest BCUT2D eigenvalue weighted by Crippen LogP contribution is 2.21. The van der Waals surface area contributed by atoms with Crippen LogP contribution in [0.5, 0.6) is 0 Å². The van der Waals surface area contributed by atoms with Crippen LogP contribution in [0.4, 0.5) is 0 Å². The predicted octanol–water partition coefficient (Wildman–Crippen LogP) is 3.35. The van der Waals surface area contributed by atoms with Crippen molar-refractivity contribution in [3.05, 3.63) is 46.3 Å². The number of hydrogen-bond donors (Lipinski definition) is 0. The summed E-state index contributed by atoms with van der Waals surface area (Å²) in [5.41, 5.74) is 2.73. The normalized spacial score (nSPS) is 10.4. The summed E-state index contributed by atoms with van der Waals surface area (Å²) >= 11 is 3.44. The molecule has 0 fully saturated rings. The number of aryl methyl sites for hydroxylation is 1. The maximum atomic E-state index is 11.1. The van der Waals surface area contributed by atoms with Gasteiger partial charge >= 0.3 is 0 Å². The second-order valence-corrected chi connectivity index (χ2v) is 5.12. The van der Waals surface area contributed by atoms with Gasteiger partial charge in [0.1, 0.15) is 11.6 Å². The molecule has 0 saturated carbocycles. The molecule has 0 amide bonds. The molecular weight excluding hydrogens is 292 g/mol. The number of halogens is 1. The zero-order valence-electron chi connectivity index (χ0n) is 10.3. The number of rotatable bonds is 3. The molecule has 0 aliphatic rings. The topological polar surface area (TPSA) is 42.9 Å². The Bertz CT molecular complexity index is 596. The third-order valence-electron chi connectivity index (χ3n) is 2.43. The van der Waals surface area contributed by atoms with E-state index in [0.29, 0.717) is 5.82 Å². The molecule has 0 spiro atoms. The van der Waals surface area contributed by atoms with E-state index >= 15 is 0 Å². The van der Waals surface area contributed by atoms with Gasteiger partial charge in [0, 0.05) is 15.7 Å². The molecule has 2 aromatic rings. The van der Waals surface area contributed by atoms with E-state index in [0.717, 1.165) is 21.4 Å². The maximum Gasteiger partial charge on any atom is 0.137 e. The van der Waals surface area contributed by atoms with Crippen LogP contribution in [0.25, 0.3) is 11.3 Å². The van der Waals surface area contributed by atoms with E-state index in [-0.39, 0.29) is 12.2 Å². The Balaban J connectivity index is 2.44. The highest BCUT2D eigenvalue weighted by molar-refractivity contribution is 9.10. The second-order valence-electron chi connectivity index (χ2n) is 4.20. The zero-order chi connectivity index (χ0) is 13.1. The highest BCUT2D eigenvalue weighted by atomic mass is 79.9. The Labute approximate surface area is 114 Å². The molecule has 0 unspecified atom stereocenters. The fraction of sp³-hybridized carbons (Fsp3) is 0.214. The summed E-state index contributed by atoms with van der Waals surface area (Å²) in [6, 6.07) is 9.84. The minimum absolute atomic E-state index is 0.0702. The number of carbonyl (C=O) groups excluding carboxylic acids is 1. The van der Waals surface area contributed by atoms with Gasteiger partial charge in [0.2, 0.25) is 0 Å². The summed E-state index contributed by atoms with van der Waals surface area (Å²) in [6.07, 6.45) is 0.280. The predicted molar refractivity (Wildman–Crippen MR) is 74.3 cm³/mol. The smallest absolute Gasteiger partial charge is 0.137 e. The maximum absolute atomic E-state index is 11.1. The van der Waals surface area contributed by atoms with E-state index in [4.69, 9.17) is 0 Å². The lowest BCUT2D eigenvalue weighted by atomic mass is 10.1. The average Bonchev–Trinajstić information content (AvgIpc) is 2.27. The van der Waals surface area contributed by atoms with Crippen LogP contribution >= 0.6 is 15.9 Å². The van der Waals surface area contributed by atoms with Crippen molar-refractivity contribution in [1.82, 2.24) is 9.97 Å². The molecule has 0 saturated heterocycles. The minimum Gasteiger partial charge on any atom is -0.300 e. The molecule has 1 aromatic carbocycles. The monoisotopic (exact) mass is 304 g/mol. The molecule has 0 N–H and O–H groups in total. The fourth-order valence-electron chi connectivity index (χ4n) is 1.73. The van der Waals surface area contributed by atoms with E-state index < -0.39 is 0 Å². The lowest BCUT2D eigenvalue weighted by molar-refractivity contribution is -0.116. The molecule has 1 heterocycles. The van der Waals surface area contributed by atoms with E-state index in [9.17, 15) is 4.79 Å². The number of Topliss-reactive ketones (excluding diaryl/α,β-unsaturated/α-hetero) is 1. The molecule has 0 aliphatic heterocycles. The number of hydrogen-bond acceptors (Lipinski definition) is 3. The summed E-state index contributed by atoms with van der Waals surface area (Å²) < 4.78 is 1.00. The summed E-state index contributed by atoms with van der Waals surface area (Å²) in [4.78, 5) is 19.8. The van der Waals surface area contributed by atoms with Crippen LogP contribution in [-0.4, -0.2) is 15.8 Å². The lowest BCUT2D eigenvalue weighted by Gasteiger charge is -2.05. The standard InChI is InChI=1S/C14H13BrN2O/c1-9-6-13(11-4-3-5-12(15)8-11)17-14(16-9)7-10(2)18/h3-6,8H,7H2,1-2H3. The highest BCUT2D eigenvalue weighted by Gasteiger charge is 2.07. The van der Waals surface area contributed by atoms with Crippen molar-refractivity contribution in [1.29, 1.82) is 0 Å². The Morgan fingerprint density at radius 1 is 1.28 bits per heavy atom. The Morgan fingerprint density at radius 3 is 2.72 bits per heavy atom. The van der Waals surface area contributed by atoms with Gasteiger partial charge in [-0.25, -0.2) is 9.97 Å². The first-order chi connectivity index (χ1) is 8.54. The van der Waals surface area contributed by atoms with Crippen LogP contribution in [0.3, 0.4) is 0 Å². The van der Waals surface area contributed by atoms with Crippen molar-refractivity contribution in [3.8, 4) is 11.3 Å². The van der Waals surface area contributed by atoms with Crippen LogP contribution in [0.1, 0.15) is 18.4 Å². The van der Waals surface area contributed by atoms with Gasteiger partial charge in [0.15, 0.2) is 0 Å². The summed E-state index contributed by atoms with van der Waals surface area (Å²) in [7, 11) is 0. The quantitative estimate of drug-likeness (QED) is 0.873. The Morgan fingerprint density at radius 2 is 2.06 bits per heavy atom. The number of aromatic nitrogens is 2. The zero-order valence-corrected chi connectivity index (χ0v) is 11.9. The molecule has 18 heavy (non-hydrogen) atoms. The molecule has 4 heteroatoms. The van der Waals surface area contributed by atoms with Crippen molar-refractivity contribution in [2.24, 2.45) is 0 Å². The summed E-state index contributed by atoms with van der Waals surface area (Å²) in [5, 5.41) is 0. The molecular formula is C14H13BrN2O. The lowest BCUT2D eigenvalue weighted by Crippen LogP contribution is -2.04. The number of carbonyl (C=O) groups is 1.